The molecule has 0 heterocycles. The van der Waals surface area contributed by atoms with Crippen molar-refractivity contribution in [1.29, 1.82) is 0 Å². The maximum atomic E-state index is 2.54. The molecule has 1 atom stereocenters. The van der Waals surface area contributed by atoms with Crippen LogP contribution >= 0.6 is 0 Å². The summed E-state index contributed by atoms with van der Waals surface area (Å²) in [5, 5.41) is 2.54. The summed E-state index contributed by atoms with van der Waals surface area (Å²) < 4.78 is 0. The summed E-state index contributed by atoms with van der Waals surface area (Å²) in [5.41, 5.74) is 16.7. The minimum Gasteiger partial charge on any atom is -0.310 e. The molecular weight excluding hydrogens is 663 g/mol. The van der Waals surface area contributed by atoms with Gasteiger partial charge in [-0.1, -0.05) is 184 Å². The number of fused-ring (bicyclic) bond motifs is 4. The Labute approximate surface area is 325 Å². The summed E-state index contributed by atoms with van der Waals surface area (Å²) >= 11 is 0. The smallest absolute Gasteiger partial charge is 0.0540 e. The van der Waals surface area contributed by atoms with Gasteiger partial charge in [-0.05, 0) is 110 Å². The monoisotopic (exact) mass is 707 g/mol. The molecule has 8 aromatic carbocycles. The van der Waals surface area contributed by atoms with E-state index in [-0.39, 0.29) is 5.41 Å². The Morgan fingerprint density at radius 1 is 0.400 bits per heavy atom. The summed E-state index contributed by atoms with van der Waals surface area (Å²) in [7, 11) is 0. The molecule has 10 rings (SSSR count). The largest absolute Gasteiger partial charge is 0.310 e. The molecule has 1 saturated carbocycles. The Morgan fingerprint density at radius 3 is 1.56 bits per heavy atom. The molecule has 266 valence electrons. The summed E-state index contributed by atoms with van der Waals surface area (Å²) in [4.78, 5) is 2.49. The lowest BCUT2D eigenvalue weighted by molar-refractivity contribution is 0.258. The minimum atomic E-state index is -0.0240. The number of para-hydroxylation sites is 1. The van der Waals surface area contributed by atoms with Gasteiger partial charge in [-0.2, -0.15) is 0 Å². The number of benzene rings is 8. The van der Waals surface area contributed by atoms with Gasteiger partial charge in [0.2, 0.25) is 0 Å². The van der Waals surface area contributed by atoms with Crippen LogP contribution in [0, 0.1) is 5.92 Å². The van der Waals surface area contributed by atoms with Crippen molar-refractivity contribution in [1.82, 2.24) is 0 Å². The van der Waals surface area contributed by atoms with Gasteiger partial charge in [-0.3, -0.25) is 0 Å². The van der Waals surface area contributed by atoms with E-state index in [0.29, 0.717) is 5.92 Å². The second-order valence-corrected chi connectivity index (χ2v) is 15.7. The molecule has 1 unspecified atom stereocenters. The van der Waals surface area contributed by atoms with Crippen LogP contribution in [-0.2, 0) is 5.41 Å². The van der Waals surface area contributed by atoms with Crippen LogP contribution in [-0.4, -0.2) is 0 Å². The lowest BCUT2D eigenvalue weighted by Crippen LogP contribution is -2.33. The number of hydrogen-bond donors (Lipinski definition) is 0. The zero-order chi connectivity index (χ0) is 36.8. The van der Waals surface area contributed by atoms with Crippen LogP contribution in [0.25, 0.3) is 55.3 Å². The average Bonchev–Trinajstić information content (AvgIpc) is 3.53. The Morgan fingerprint density at radius 2 is 0.891 bits per heavy atom. The normalized spacial score (nSPS) is 16.5. The second kappa shape index (κ2) is 13.9. The van der Waals surface area contributed by atoms with Crippen LogP contribution in [0.15, 0.2) is 188 Å². The van der Waals surface area contributed by atoms with Gasteiger partial charge < -0.3 is 4.90 Å². The first-order valence-electron chi connectivity index (χ1n) is 20.0. The highest BCUT2D eigenvalue weighted by Crippen LogP contribution is 2.57. The highest BCUT2D eigenvalue weighted by Gasteiger charge is 2.45. The molecule has 1 heteroatoms. The predicted molar refractivity (Wildman–Crippen MR) is 233 cm³/mol. The summed E-state index contributed by atoms with van der Waals surface area (Å²) in [6, 6.07) is 69.6. The molecule has 8 aromatic rings. The van der Waals surface area contributed by atoms with Crippen molar-refractivity contribution < 1.29 is 0 Å². The molecule has 0 N–H and O–H groups in total. The Kier molecular flexibility index (Phi) is 8.44. The van der Waals surface area contributed by atoms with E-state index in [1.165, 1.54) is 110 Å². The van der Waals surface area contributed by atoms with Crippen LogP contribution in [0.4, 0.5) is 17.1 Å². The maximum absolute atomic E-state index is 2.54. The first-order chi connectivity index (χ1) is 27.2. The highest BCUT2D eigenvalue weighted by molar-refractivity contribution is 6.05. The Balaban J connectivity index is 1.13. The van der Waals surface area contributed by atoms with Crippen molar-refractivity contribution in [2.75, 3.05) is 4.90 Å². The van der Waals surface area contributed by atoms with Crippen molar-refractivity contribution >= 4 is 27.8 Å². The molecule has 1 fully saturated rings. The van der Waals surface area contributed by atoms with Gasteiger partial charge in [0.25, 0.3) is 0 Å². The van der Waals surface area contributed by atoms with Crippen LogP contribution in [0.2, 0.25) is 0 Å². The molecule has 0 bridgehead atoms. The fourth-order valence-corrected chi connectivity index (χ4v) is 9.94. The molecule has 0 spiro atoms. The summed E-state index contributed by atoms with van der Waals surface area (Å²) in [5.74, 6) is 0.631. The lowest BCUT2D eigenvalue weighted by atomic mass is 9.65. The summed E-state index contributed by atoms with van der Waals surface area (Å²) in [6.07, 6.45) is 6.58. The third-order valence-corrected chi connectivity index (χ3v) is 12.7. The van der Waals surface area contributed by atoms with E-state index in [4.69, 9.17) is 0 Å². The number of anilines is 3. The molecule has 0 radical (unpaired) electrons. The zero-order valence-electron chi connectivity index (χ0n) is 31.5. The average molecular weight is 708 g/mol. The van der Waals surface area contributed by atoms with Gasteiger partial charge in [-0.25, -0.2) is 0 Å². The molecular formula is C54H45N. The third-order valence-electron chi connectivity index (χ3n) is 12.7. The van der Waals surface area contributed by atoms with E-state index in [2.05, 4.69) is 200 Å². The van der Waals surface area contributed by atoms with Crippen molar-refractivity contribution in [2.24, 2.45) is 5.92 Å². The van der Waals surface area contributed by atoms with E-state index in [1.807, 2.05) is 0 Å². The lowest BCUT2D eigenvalue weighted by Gasteiger charge is -2.39. The minimum absolute atomic E-state index is 0.0240. The zero-order valence-corrected chi connectivity index (χ0v) is 31.5. The number of hydrogen-bond acceptors (Lipinski definition) is 1. The van der Waals surface area contributed by atoms with Gasteiger partial charge in [0.15, 0.2) is 0 Å². The highest BCUT2D eigenvalue weighted by atomic mass is 15.1. The molecule has 2 aliphatic rings. The quantitative estimate of drug-likeness (QED) is 0.159. The van der Waals surface area contributed by atoms with Crippen molar-refractivity contribution in [2.45, 2.75) is 44.4 Å². The topological polar surface area (TPSA) is 3.24 Å². The maximum Gasteiger partial charge on any atom is 0.0540 e. The third kappa shape index (κ3) is 5.69. The van der Waals surface area contributed by atoms with Gasteiger partial charge in [0.05, 0.1) is 5.69 Å². The van der Waals surface area contributed by atoms with Crippen molar-refractivity contribution in [3.63, 3.8) is 0 Å². The van der Waals surface area contributed by atoms with Crippen molar-refractivity contribution in [3.8, 4) is 44.5 Å². The number of nitrogens with zero attached hydrogens (tertiary/aromatic N) is 1. The molecule has 0 saturated heterocycles. The van der Waals surface area contributed by atoms with Crippen molar-refractivity contribution in [3.05, 3.63) is 199 Å². The SMILES string of the molecule is CC1(C2CCCCC2)c2ccccc2-c2ccc(N(c3ccc(-c4ccc(-c5ccccc5)c5ccccc45)cc3)c3ccccc3-c3ccccc3)cc21. The Bertz CT molecular complexity index is 2630. The van der Waals surface area contributed by atoms with E-state index >= 15 is 0 Å². The van der Waals surface area contributed by atoms with E-state index in [0.717, 1.165) is 5.69 Å². The second-order valence-electron chi connectivity index (χ2n) is 15.7. The molecule has 2 aliphatic carbocycles. The predicted octanol–water partition coefficient (Wildman–Crippen LogP) is 15.2. The van der Waals surface area contributed by atoms with E-state index in [9.17, 15) is 0 Å². The molecule has 0 aromatic heterocycles. The number of rotatable bonds is 7. The molecule has 0 aliphatic heterocycles. The van der Waals surface area contributed by atoms with Gasteiger partial charge in [-0.15, -0.1) is 0 Å². The fourth-order valence-electron chi connectivity index (χ4n) is 9.94. The van der Waals surface area contributed by atoms with Crippen LogP contribution in [0.1, 0.15) is 50.2 Å². The van der Waals surface area contributed by atoms with Gasteiger partial charge >= 0.3 is 0 Å². The molecule has 0 amide bonds. The Hall–Kier alpha value is -6.18. The standard InChI is InChI=1S/C54H45N/c1-54(41-21-9-4-10-22-41)51-27-15-13-26-49(51)50-34-33-43(37-52(50)54)55(53-28-16-14-23-46(53)39-19-7-3-8-20-39)42-31-29-40(30-32-42)45-36-35-44(38-17-5-2-6-18-38)47-24-11-12-25-48(45)47/h2-3,5-8,11-20,23-37,41H,4,9-10,21-22H2,1H3. The van der Waals surface area contributed by atoms with Gasteiger partial charge in [0, 0.05) is 22.4 Å². The van der Waals surface area contributed by atoms with E-state index in [1.54, 1.807) is 0 Å². The van der Waals surface area contributed by atoms with Gasteiger partial charge in [0.1, 0.15) is 0 Å². The van der Waals surface area contributed by atoms with Crippen LogP contribution in [0.3, 0.4) is 0 Å². The van der Waals surface area contributed by atoms with E-state index < -0.39 is 0 Å². The molecule has 55 heavy (non-hydrogen) atoms. The summed E-state index contributed by atoms with van der Waals surface area (Å²) in [6.45, 7) is 2.54. The van der Waals surface area contributed by atoms with Crippen LogP contribution < -0.4 is 4.90 Å². The first kappa shape index (κ1) is 33.4. The van der Waals surface area contributed by atoms with Crippen LogP contribution in [0.5, 0.6) is 0 Å². The fraction of sp³-hybridized carbons (Fsp3) is 0.148. The molecule has 1 nitrogen and oxygen atoms in total. The first-order valence-corrected chi connectivity index (χ1v) is 20.0.